The number of rotatable bonds is 3. The van der Waals surface area contributed by atoms with Crippen molar-refractivity contribution in [1.82, 2.24) is 4.90 Å². The van der Waals surface area contributed by atoms with Crippen LogP contribution in [0.25, 0.3) is 0 Å². The van der Waals surface area contributed by atoms with Crippen molar-refractivity contribution in [2.75, 3.05) is 25.0 Å². The van der Waals surface area contributed by atoms with Crippen molar-refractivity contribution < 1.29 is 4.79 Å². The van der Waals surface area contributed by atoms with Gasteiger partial charge in [-0.2, -0.15) is 0 Å². The third kappa shape index (κ3) is 3.87. The molecule has 1 amide bonds. The summed E-state index contributed by atoms with van der Waals surface area (Å²) in [5, 5.41) is 3.17. The molecule has 0 unspecified atom stereocenters. The summed E-state index contributed by atoms with van der Waals surface area (Å²) < 4.78 is 1.20. The smallest absolute Gasteiger partial charge is 0.241 e. The average Bonchev–Trinajstić information content (AvgIpc) is 2.39. The number of carbonyl (C=O) groups excluding carboxylic acids is 1. The minimum atomic E-state index is 0.211. The van der Waals surface area contributed by atoms with Crippen LogP contribution in [0.4, 0.5) is 5.69 Å². The lowest BCUT2D eigenvalue weighted by Gasteiger charge is -2.26. The first-order valence-corrected chi connectivity index (χ1v) is 7.11. The van der Waals surface area contributed by atoms with Crippen molar-refractivity contribution in [1.29, 1.82) is 0 Å². The van der Waals surface area contributed by atoms with E-state index >= 15 is 0 Å². The molecule has 3 nitrogen and oxygen atoms in total. The van der Waals surface area contributed by atoms with Crippen LogP contribution in [0.15, 0.2) is 24.3 Å². The average molecular weight is 344 g/mol. The Morgan fingerprint density at radius 2 is 1.82 bits per heavy atom. The minimum Gasteiger partial charge on any atom is -0.376 e. The highest BCUT2D eigenvalue weighted by Crippen LogP contribution is 2.12. The molecule has 17 heavy (non-hydrogen) atoms. The van der Waals surface area contributed by atoms with Gasteiger partial charge in [0.15, 0.2) is 0 Å². The monoisotopic (exact) mass is 344 g/mol. The number of carbonyl (C=O) groups is 1. The van der Waals surface area contributed by atoms with Crippen LogP contribution in [0, 0.1) is 3.57 Å². The molecule has 1 fully saturated rings. The fourth-order valence-electron chi connectivity index (χ4n) is 2.00. The maximum Gasteiger partial charge on any atom is 0.241 e. The molecular weight excluding hydrogens is 327 g/mol. The predicted molar refractivity (Wildman–Crippen MR) is 78.1 cm³/mol. The molecule has 1 aliphatic heterocycles. The van der Waals surface area contributed by atoms with E-state index in [2.05, 4.69) is 27.9 Å². The van der Waals surface area contributed by atoms with Crippen LogP contribution in [0.3, 0.4) is 0 Å². The van der Waals surface area contributed by atoms with Crippen LogP contribution in [-0.4, -0.2) is 30.4 Å². The molecular formula is C13H17IN2O. The summed E-state index contributed by atoms with van der Waals surface area (Å²) in [6.07, 6.45) is 3.55. The number of anilines is 1. The molecule has 2 rings (SSSR count). The molecule has 1 heterocycles. The summed E-state index contributed by atoms with van der Waals surface area (Å²) in [5.74, 6) is 0.211. The molecule has 0 saturated carbocycles. The number of nitrogens with zero attached hydrogens (tertiary/aromatic N) is 1. The van der Waals surface area contributed by atoms with E-state index < -0.39 is 0 Å². The number of halogens is 1. The van der Waals surface area contributed by atoms with E-state index in [0.717, 1.165) is 31.6 Å². The molecule has 0 spiro atoms. The number of hydrogen-bond acceptors (Lipinski definition) is 2. The first-order valence-electron chi connectivity index (χ1n) is 6.03. The number of piperidine rings is 1. The van der Waals surface area contributed by atoms with Crippen molar-refractivity contribution in [3.05, 3.63) is 27.8 Å². The van der Waals surface area contributed by atoms with Gasteiger partial charge in [0.2, 0.25) is 5.91 Å². The first kappa shape index (κ1) is 12.7. The number of hydrogen-bond donors (Lipinski definition) is 1. The van der Waals surface area contributed by atoms with Crippen molar-refractivity contribution >= 4 is 34.2 Å². The molecule has 1 saturated heterocycles. The van der Waals surface area contributed by atoms with Gasteiger partial charge in [0.25, 0.3) is 0 Å². The molecule has 92 valence electrons. The van der Waals surface area contributed by atoms with Crippen molar-refractivity contribution in [3.63, 3.8) is 0 Å². The van der Waals surface area contributed by atoms with Gasteiger partial charge in [-0.3, -0.25) is 4.79 Å². The van der Waals surface area contributed by atoms with Crippen LogP contribution >= 0.6 is 22.6 Å². The second-order valence-electron chi connectivity index (χ2n) is 4.30. The van der Waals surface area contributed by atoms with E-state index in [-0.39, 0.29) is 5.91 Å². The fourth-order valence-corrected chi connectivity index (χ4v) is 2.36. The standard InChI is InChI=1S/C13H17IN2O/c14-11-4-6-12(7-5-11)15-10-13(17)16-8-2-1-3-9-16/h4-7,15H,1-3,8-10H2. The van der Waals surface area contributed by atoms with E-state index in [1.165, 1.54) is 9.99 Å². The third-order valence-corrected chi connectivity index (χ3v) is 3.72. The molecule has 0 bridgehead atoms. The maximum atomic E-state index is 11.9. The van der Waals surface area contributed by atoms with Crippen LogP contribution in [0.1, 0.15) is 19.3 Å². The van der Waals surface area contributed by atoms with Crippen LogP contribution < -0.4 is 5.32 Å². The number of nitrogens with one attached hydrogen (secondary N) is 1. The normalized spacial score (nSPS) is 15.7. The first-order chi connectivity index (χ1) is 8.25. The Bertz CT molecular complexity index is 372. The topological polar surface area (TPSA) is 32.3 Å². The van der Waals surface area contributed by atoms with Gasteiger partial charge < -0.3 is 10.2 Å². The predicted octanol–water partition coefficient (Wildman–Crippen LogP) is 2.72. The summed E-state index contributed by atoms with van der Waals surface area (Å²) in [6, 6.07) is 8.08. The Kier molecular flexibility index (Phi) is 4.65. The third-order valence-electron chi connectivity index (χ3n) is 3.00. The largest absolute Gasteiger partial charge is 0.376 e. The highest BCUT2D eigenvalue weighted by atomic mass is 127. The number of amides is 1. The molecule has 0 aromatic heterocycles. The summed E-state index contributed by atoms with van der Waals surface area (Å²) in [7, 11) is 0. The fraction of sp³-hybridized carbons (Fsp3) is 0.462. The highest BCUT2D eigenvalue weighted by Gasteiger charge is 2.15. The van der Waals surface area contributed by atoms with E-state index in [1.54, 1.807) is 0 Å². The van der Waals surface area contributed by atoms with Gasteiger partial charge in [-0.15, -0.1) is 0 Å². The molecule has 1 N–H and O–H groups in total. The van der Waals surface area contributed by atoms with Crippen molar-refractivity contribution in [3.8, 4) is 0 Å². The van der Waals surface area contributed by atoms with E-state index in [1.807, 2.05) is 29.2 Å². The van der Waals surface area contributed by atoms with Crippen LogP contribution in [-0.2, 0) is 4.79 Å². The quantitative estimate of drug-likeness (QED) is 0.856. The van der Waals surface area contributed by atoms with Crippen molar-refractivity contribution in [2.45, 2.75) is 19.3 Å². The molecule has 1 aliphatic rings. The Morgan fingerprint density at radius 3 is 2.47 bits per heavy atom. The van der Waals surface area contributed by atoms with Gasteiger partial charge in [-0.25, -0.2) is 0 Å². The summed E-state index contributed by atoms with van der Waals surface area (Å²) >= 11 is 2.27. The lowest BCUT2D eigenvalue weighted by molar-refractivity contribution is -0.130. The van der Waals surface area contributed by atoms with Gasteiger partial charge in [-0.1, -0.05) is 0 Å². The molecule has 1 aromatic rings. The number of likely N-dealkylation sites (tertiary alicyclic amines) is 1. The zero-order valence-electron chi connectivity index (χ0n) is 9.79. The Hall–Kier alpha value is -0.780. The van der Waals surface area contributed by atoms with Crippen LogP contribution in [0.2, 0.25) is 0 Å². The lowest BCUT2D eigenvalue weighted by Crippen LogP contribution is -2.39. The van der Waals surface area contributed by atoms with Crippen LogP contribution in [0.5, 0.6) is 0 Å². The van der Waals surface area contributed by atoms with Gasteiger partial charge in [0, 0.05) is 22.3 Å². The summed E-state index contributed by atoms with van der Waals surface area (Å²) in [6.45, 7) is 2.25. The molecule has 0 atom stereocenters. The van der Waals surface area contributed by atoms with Gasteiger partial charge >= 0.3 is 0 Å². The highest BCUT2D eigenvalue weighted by molar-refractivity contribution is 14.1. The molecule has 1 aromatic carbocycles. The van der Waals surface area contributed by atoms with Crippen molar-refractivity contribution in [2.24, 2.45) is 0 Å². The minimum absolute atomic E-state index is 0.211. The Balaban J connectivity index is 1.81. The van der Waals surface area contributed by atoms with E-state index in [4.69, 9.17) is 0 Å². The zero-order valence-corrected chi connectivity index (χ0v) is 11.9. The van der Waals surface area contributed by atoms with Gasteiger partial charge in [-0.05, 0) is 66.1 Å². The second kappa shape index (κ2) is 6.23. The number of benzene rings is 1. The second-order valence-corrected chi connectivity index (χ2v) is 5.55. The summed E-state index contributed by atoms with van der Waals surface area (Å²) in [5.41, 5.74) is 1.01. The van der Waals surface area contributed by atoms with Gasteiger partial charge in [0.05, 0.1) is 6.54 Å². The molecule has 0 radical (unpaired) electrons. The van der Waals surface area contributed by atoms with E-state index in [0.29, 0.717) is 6.54 Å². The van der Waals surface area contributed by atoms with Gasteiger partial charge in [0.1, 0.15) is 0 Å². The maximum absolute atomic E-state index is 11.9. The zero-order chi connectivity index (χ0) is 12.1. The lowest BCUT2D eigenvalue weighted by atomic mass is 10.1. The molecule has 4 heteroatoms. The SMILES string of the molecule is O=C(CNc1ccc(I)cc1)N1CCCCC1. The van der Waals surface area contributed by atoms with E-state index in [9.17, 15) is 4.79 Å². The Morgan fingerprint density at radius 1 is 1.18 bits per heavy atom. The Labute approximate surface area is 116 Å². The molecule has 0 aliphatic carbocycles. The summed E-state index contributed by atoms with van der Waals surface area (Å²) in [4.78, 5) is 13.9.